The molecule has 0 radical (unpaired) electrons. The Hall–Kier alpha value is -2.32. The van der Waals surface area contributed by atoms with Crippen molar-refractivity contribution in [2.24, 2.45) is 5.92 Å². The van der Waals surface area contributed by atoms with E-state index in [-0.39, 0.29) is 35.5 Å². The Balaban J connectivity index is 1.42. The smallest absolute Gasteiger partial charge is 0.228 e. The summed E-state index contributed by atoms with van der Waals surface area (Å²) in [7, 11) is 1.73. The normalized spacial score (nSPS) is 22.6. The number of halogens is 1. The van der Waals surface area contributed by atoms with Gasteiger partial charge >= 0.3 is 0 Å². The molecule has 0 saturated carbocycles. The van der Waals surface area contributed by atoms with Crippen molar-refractivity contribution in [2.45, 2.75) is 51.6 Å². The number of carbonyl (C=O) groups excluding carboxylic acids is 2. The summed E-state index contributed by atoms with van der Waals surface area (Å²) in [5, 5.41) is 3.28. The molecule has 2 atom stereocenters. The maximum absolute atomic E-state index is 13.5. The minimum atomic E-state index is -0.438. The predicted molar refractivity (Wildman–Crippen MR) is 127 cm³/mol. The average Bonchev–Trinajstić information content (AvgIpc) is 3.27. The molecule has 0 spiro atoms. The Morgan fingerprint density at radius 2 is 1.88 bits per heavy atom. The van der Waals surface area contributed by atoms with Gasteiger partial charge in [-0.1, -0.05) is 32.9 Å². The molecule has 8 heteroatoms. The molecule has 2 fully saturated rings. The number of aromatic nitrogens is 1. The van der Waals surface area contributed by atoms with E-state index in [4.69, 9.17) is 4.98 Å². The van der Waals surface area contributed by atoms with Crippen LogP contribution in [0.1, 0.15) is 55.9 Å². The summed E-state index contributed by atoms with van der Waals surface area (Å²) in [5.41, 5.74) is 1.94. The maximum Gasteiger partial charge on any atom is 0.228 e. The van der Waals surface area contributed by atoms with Crippen LogP contribution in [0.5, 0.6) is 0 Å². The fourth-order valence-electron chi connectivity index (χ4n) is 4.74. The second-order valence-corrected chi connectivity index (χ2v) is 11.0. The van der Waals surface area contributed by atoms with E-state index >= 15 is 0 Å². The number of hydrogen-bond acceptors (Lipinski definition) is 5. The Kier molecular flexibility index (Phi) is 6.86. The Labute approximate surface area is 199 Å². The van der Waals surface area contributed by atoms with Crippen molar-refractivity contribution in [3.8, 4) is 0 Å². The van der Waals surface area contributed by atoms with Gasteiger partial charge in [0.1, 0.15) is 5.82 Å². The van der Waals surface area contributed by atoms with Crippen LogP contribution in [0.25, 0.3) is 0 Å². The van der Waals surface area contributed by atoms with E-state index in [1.807, 2.05) is 4.90 Å². The second-order valence-electron chi connectivity index (χ2n) is 10.2. The standard InChI is InChI=1S/C25H33FN4O2S/c1-25(2,3)24-27-19(16-33-24)15-29-10-5-11-30(13-12-29)23(32)20-14-21(31)28(4)22(20)17-6-8-18(26)9-7-17/h6-9,16,20,22H,5,10-15H2,1-4H3. The van der Waals surface area contributed by atoms with Gasteiger partial charge in [-0.25, -0.2) is 9.37 Å². The van der Waals surface area contributed by atoms with Crippen LogP contribution in [0.3, 0.4) is 0 Å². The first-order valence-corrected chi connectivity index (χ1v) is 12.5. The first-order valence-electron chi connectivity index (χ1n) is 11.6. The molecule has 1 aromatic heterocycles. The first kappa shape index (κ1) is 23.8. The minimum absolute atomic E-state index is 0.0209. The van der Waals surface area contributed by atoms with Gasteiger partial charge in [-0.15, -0.1) is 11.3 Å². The third-order valence-corrected chi connectivity index (χ3v) is 7.91. The number of likely N-dealkylation sites (tertiary alicyclic amines) is 1. The molecule has 178 valence electrons. The number of rotatable bonds is 4. The lowest BCUT2D eigenvalue weighted by atomic mass is 9.92. The molecule has 2 saturated heterocycles. The number of amides is 2. The fraction of sp³-hybridized carbons (Fsp3) is 0.560. The van der Waals surface area contributed by atoms with Gasteiger partial charge in [0.25, 0.3) is 0 Å². The SMILES string of the molecule is CN1C(=O)CC(C(=O)N2CCCN(Cc3csc(C(C)(C)C)n3)CC2)C1c1ccc(F)cc1. The van der Waals surface area contributed by atoms with Crippen molar-refractivity contribution in [2.75, 3.05) is 33.2 Å². The van der Waals surface area contributed by atoms with Crippen LogP contribution in [-0.4, -0.2) is 64.7 Å². The average molecular weight is 473 g/mol. The highest BCUT2D eigenvalue weighted by molar-refractivity contribution is 7.09. The molecule has 0 aliphatic carbocycles. The zero-order valence-corrected chi connectivity index (χ0v) is 20.7. The molecule has 0 N–H and O–H groups in total. The van der Waals surface area contributed by atoms with Crippen molar-refractivity contribution < 1.29 is 14.0 Å². The highest BCUT2D eigenvalue weighted by atomic mass is 32.1. The molecule has 2 aliphatic heterocycles. The molecular formula is C25H33FN4O2S. The van der Waals surface area contributed by atoms with Crippen molar-refractivity contribution in [3.05, 3.63) is 51.7 Å². The van der Waals surface area contributed by atoms with Crippen LogP contribution in [0, 0.1) is 11.7 Å². The monoisotopic (exact) mass is 472 g/mol. The molecule has 0 bridgehead atoms. The van der Waals surface area contributed by atoms with Gasteiger partial charge in [-0.3, -0.25) is 14.5 Å². The number of nitrogens with zero attached hydrogens (tertiary/aromatic N) is 4. The summed E-state index contributed by atoms with van der Waals surface area (Å²) >= 11 is 1.71. The highest BCUT2D eigenvalue weighted by Gasteiger charge is 2.44. The molecular weight excluding hydrogens is 439 g/mol. The largest absolute Gasteiger partial charge is 0.341 e. The number of carbonyl (C=O) groups is 2. The van der Waals surface area contributed by atoms with E-state index in [0.717, 1.165) is 42.3 Å². The van der Waals surface area contributed by atoms with Crippen LogP contribution in [0.4, 0.5) is 4.39 Å². The summed E-state index contributed by atoms with van der Waals surface area (Å²) in [6, 6.07) is 5.79. The Morgan fingerprint density at radius 1 is 1.15 bits per heavy atom. The molecule has 2 amide bonds. The van der Waals surface area contributed by atoms with Crippen molar-refractivity contribution in [1.82, 2.24) is 19.7 Å². The highest BCUT2D eigenvalue weighted by Crippen LogP contribution is 2.38. The van der Waals surface area contributed by atoms with Crippen molar-refractivity contribution in [1.29, 1.82) is 0 Å². The van der Waals surface area contributed by atoms with Gasteiger partial charge in [0.15, 0.2) is 0 Å². The van der Waals surface area contributed by atoms with Crippen LogP contribution in [-0.2, 0) is 21.5 Å². The van der Waals surface area contributed by atoms with Crippen LogP contribution in [0.15, 0.2) is 29.6 Å². The molecule has 6 nitrogen and oxygen atoms in total. The van der Waals surface area contributed by atoms with Crippen LogP contribution in [0.2, 0.25) is 0 Å². The quantitative estimate of drug-likeness (QED) is 0.679. The van der Waals surface area contributed by atoms with E-state index in [1.165, 1.54) is 12.1 Å². The summed E-state index contributed by atoms with van der Waals surface area (Å²) in [4.78, 5) is 36.7. The molecule has 3 heterocycles. The Bertz CT molecular complexity index is 1000. The van der Waals surface area contributed by atoms with E-state index in [9.17, 15) is 14.0 Å². The second kappa shape index (κ2) is 9.50. The van der Waals surface area contributed by atoms with Gasteiger partial charge in [0.05, 0.1) is 22.7 Å². The van der Waals surface area contributed by atoms with Crippen LogP contribution >= 0.6 is 11.3 Å². The molecule has 2 unspecified atom stereocenters. The van der Waals surface area contributed by atoms with E-state index < -0.39 is 5.92 Å². The summed E-state index contributed by atoms with van der Waals surface area (Å²) in [6.45, 7) is 10.3. The summed E-state index contributed by atoms with van der Waals surface area (Å²) in [5.74, 6) is -0.784. The lowest BCUT2D eigenvalue weighted by Gasteiger charge is -2.29. The zero-order valence-electron chi connectivity index (χ0n) is 19.9. The first-order chi connectivity index (χ1) is 15.6. The van der Waals surface area contributed by atoms with Crippen molar-refractivity contribution >= 4 is 23.2 Å². The molecule has 1 aromatic carbocycles. The summed E-state index contributed by atoms with van der Waals surface area (Å²) in [6.07, 6.45) is 1.09. The lowest BCUT2D eigenvalue weighted by Crippen LogP contribution is -2.40. The maximum atomic E-state index is 13.5. The molecule has 4 rings (SSSR count). The predicted octanol–water partition coefficient (Wildman–Crippen LogP) is 3.83. The number of hydrogen-bond donors (Lipinski definition) is 0. The lowest BCUT2D eigenvalue weighted by molar-refractivity contribution is -0.136. The van der Waals surface area contributed by atoms with Crippen LogP contribution < -0.4 is 0 Å². The molecule has 2 aromatic rings. The minimum Gasteiger partial charge on any atom is -0.341 e. The summed E-state index contributed by atoms with van der Waals surface area (Å²) < 4.78 is 13.4. The van der Waals surface area contributed by atoms with Gasteiger partial charge in [0.2, 0.25) is 11.8 Å². The number of thiazole rings is 1. The van der Waals surface area contributed by atoms with E-state index in [1.54, 1.807) is 35.4 Å². The molecule has 2 aliphatic rings. The molecule has 33 heavy (non-hydrogen) atoms. The zero-order chi connectivity index (χ0) is 23.8. The van der Waals surface area contributed by atoms with E-state index in [0.29, 0.717) is 13.1 Å². The van der Waals surface area contributed by atoms with Crippen molar-refractivity contribution in [3.63, 3.8) is 0 Å². The van der Waals surface area contributed by atoms with Gasteiger partial charge in [-0.2, -0.15) is 0 Å². The Morgan fingerprint density at radius 3 is 2.55 bits per heavy atom. The number of benzene rings is 1. The third-order valence-electron chi connectivity index (χ3n) is 6.59. The fourth-order valence-corrected chi connectivity index (χ4v) is 5.64. The van der Waals surface area contributed by atoms with Gasteiger partial charge in [0, 0.05) is 57.0 Å². The van der Waals surface area contributed by atoms with Gasteiger partial charge in [-0.05, 0) is 24.1 Å². The topological polar surface area (TPSA) is 56.8 Å². The van der Waals surface area contributed by atoms with Gasteiger partial charge < -0.3 is 9.80 Å². The third kappa shape index (κ3) is 5.27. The van der Waals surface area contributed by atoms with E-state index in [2.05, 4.69) is 31.1 Å².